The van der Waals surface area contributed by atoms with E-state index in [1.54, 1.807) is 62.6 Å². The van der Waals surface area contributed by atoms with Gasteiger partial charge in [0.05, 0.1) is 17.7 Å². The Hall–Kier alpha value is -3.37. The van der Waals surface area contributed by atoms with Crippen LogP contribution in [0.1, 0.15) is 38.3 Å². The predicted octanol–water partition coefficient (Wildman–Crippen LogP) is 5.29. The first-order valence-electron chi connectivity index (χ1n) is 13.0. The van der Waals surface area contributed by atoms with Crippen molar-refractivity contribution < 1.29 is 22.7 Å². The van der Waals surface area contributed by atoms with Gasteiger partial charge in [-0.25, -0.2) is 8.42 Å². The van der Waals surface area contributed by atoms with Gasteiger partial charge in [-0.05, 0) is 81.3 Å². The van der Waals surface area contributed by atoms with Crippen molar-refractivity contribution in [2.75, 3.05) is 18.0 Å². The van der Waals surface area contributed by atoms with Crippen molar-refractivity contribution in [3.63, 3.8) is 0 Å². The molecule has 0 aliphatic heterocycles. The molecule has 0 saturated heterocycles. The molecule has 8 nitrogen and oxygen atoms in total. The number of halogens is 1. The fraction of sp³-hybridized carbons (Fsp3) is 0.333. The molecule has 3 aromatic rings. The molecule has 0 unspecified atom stereocenters. The molecule has 3 rings (SSSR count). The predicted molar refractivity (Wildman–Crippen MR) is 161 cm³/mol. The number of amides is 2. The first-order valence-corrected chi connectivity index (χ1v) is 15.3. The second-order valence-electron chi connectivity index (χ2n) is 9.66. The molecule has 0 radical (unpaired) electrons. The Kier molecular flexibility index (Phi) is 10.8. The average molecular weight is 631 g/mol. The molecule has 40 heavy (non-hydrogen) atoms. The number of nitrogens with one attached hydrogen (secondary N) is 1. The summed E-state index contributed by atoms with van der Waals surface area (Å²) < 4.78 is 34.8. The van der Waals surface area contributed by atoms with Crippen LogP contribution in [-0.2, 0) is 26.2 Å². The van der Waals surface area contributed by atoms with Gasteiger partial charge in [0.15, 0.2) is 0 Å². The lowest BCUT2D eigenvalue weighted by molar-refractivity contribution is -0.139. The third kappa shape index (κ3) is 7.85. The zero-order valence-corrected chi connectivity index (χ0v) is 25.8. The zero-order valence-electron chi connectivity index (χ0n) is 23.4. The largest absolute Gasteiger partial charge is 0.497 e. The number of benzene rings is 3. The Labute approximate surface area is 245 Å². The van der Waals surface area contributed by atoms with Crippen molar-refractivity contribution in [2.45, 2.75) is 57.6 Å². The number of hydrogen-bond acceptors (Lipinski definition) is 5. The number of anilines is 1. The van der Waals surface area contributed by atoms with E-state index in [1.807, 2.05) is 32.9 Å². The van der Waals surface area contributed by atoms with Gasteiger partial charge in [0.2, 0.25) is 11.8 Å². The standard InChI is InChI=1S/C30H36BrN3O5S/c1-6-22(3)32-30(36)23(4)33(19-24-9-15-27(39-5)16-10-24)29(35)20-34(26-13-11-25(31)12-14-26)40(37,38)28-17-7-21(2)8-18-28/h7-18,22-23H,6,19-20H2,1-5H3,(H,32,36)/t22-,23-/m1/s1. The number of methoxy groups -OCH3 is 1. The van der Waals surface area contributed by atoms with Crippen LogP contribution in [0.15, 0.2) is 82.2 Å². The summed E-state index contributed by atoms with van der Waals surface area (Å²) in [5.74, 6) is -0.163. The highest BCUT2D eigenvalue weighted by Gasteiger charge is 2.32. The number of carbonyl (C=O) groups is 2. The van der Waals surface area contributed by atoms with Gasteiger partial charge in [-0.1, -0.05) is 52.7 Å². The van der Waals surface area contributed by atoms with Crippen molar-refractivity contribution in [1.82, 2.24) is 10.2 Å². The molecule has 2 amide bonds. The minimum absolute atomic E-state index is 0.0677. The maximum absolute atomic E-state index is 14.0. The van der Waals surface area contributed by atoms with Crippen LogP contribution in [0, 0.1) is 6.92 Å². The second-order valence-corrected chi connectivity index (χ2v) is 12.4. The summed E-state index contributed by atoms with van der Waals surface area (Å²) in [6, 6.07) is 19.4. The molecule has 0 bridgehead atoms. The van der Waals surface area contributed by atoms with Crippen LogP contribution in [0.25, 0.3) is 0 Å². The number of sulfonamides is 1. The molecule has 0 aliphatic rings. The van der Waals surface area contributed by atoms with E-state index in [1.165, 1.54) is 17.0 Å². The van der Waals surface area contributed by atoms with Crippen LogP contribution in [0.3, 0.4) is 0 Å². The first-order chi connectivity index (χ1) is 19.0. The number of rotatable bonds is 12. The van der Waals surface area contributed by atoms with E-state index in [9.17, 15) is 18.0 Å². The van der Waals surface area contributed by atoms with Crippen molar-refractivity contribution in [3.05, 3.63) is 88.4 Å². The smallest absolute Gasteiger partial charge is 0.264 e. The molecule has 0 saturated carbocycles. The Bertz CT molecular complexity index is 1390. The minimum Gasteiger partial charge on any atom is -0.497 e. The van der Waals surface area contributed by atoms with E-state index >= 15 is 0 Å². The van der Waals surface area contributed by atoms with Crippen molar-refractivity contribution in [1.29, 1.82) is 0 Å². The van der Waals surface area contributed by atoms with Gasteiger partial charge < -0.3 is 15.0 Å². The number of aryl methyl sites for hydroxylation is 1. The van der Waals surface area contributed by atoms with E-state index in [0.717, 1.165) is 26.3 Å². The van der Waals surface area contributed by atoms with E-state index < -0.39 is 28.5 Å². The Morgan fingerprint density at radius 1 is 0.950 bits per heavy atom. The molecule has 0 heterocycles. The summed E-state index contributed by atoms with van der Waals surface area (Å²) in [5, 5.41) is 2.93. The molecule has 0 spiro atoms. The lowest BCUT2D eigenvalue weighted by atomic mass is 10.1. The minimum atomic E-state index is -4.11. The zero-order chi connectivity index (χ0) is 29.4. The van der Waals surface area contributed by atoms with Gasteiger partial charge in [-0.2, -0.15) is 0 Å². The SMILES string of the molecule is CC[C@@H](C)NC(=O)[C@@H](C)N(Cc1ccc(OC)cc1)C(=O)CN(c1ccc(Br)cc1)S(=O)(=O)c1ccc(C)cc1. The van der Waals surface area contributed by atoms with Crippen molar-refractivity contribution in [2.24, 2.45) is 0 Å². The van der Waals surface area contributed by atoms with Gasteiger partial charge in [0.1, 0.15) is 18.3 Å². The topological polar surface area (TPSA) is 96.0 Å². The quantitative estimate of drug-likeness (QED) is 0.294. The number of ether oxygens (including phenoxy) is 1. The summed E-state index contributed by atoms with van der Waals surface area (Å²) in [4.78, 5) is 28.6. The van der Waals surface area contributed by atoms with Gasteiger partial charge in [-0.3, -0.25) is 13.9 Å². The molecule has 0 aromatic heterocycles. The van der Waals surface area contributed by atoms with Crippen molar-refractivity contribution in [3.8, 4) is 5.75 Å². The molecule has 10 heteroatoms. The van der Waals surface area contributed by atoms with Crippen LogP contribution in [-0.4, -0.2) is 50.9 Å². The summed E-state index contributed by atoms with van der Waals surface area (Å²) in [6.45, 7) is 6.99. The number of nitrogens with zero attached hydrogens (tertiary/aromatic N) is 2. The van der Waals surface area contributed by atoms with Gasteiger partial charge in [-0.15, -0.1) is 0 Å². The Morgan fingerprint density at radius 2 is 1.55 bits per heavy atom. The number of carbonyl (C=O) groups excluding carboxylic acids is 2. The molecule has 3 aromatic carbocycles. The molecule has 214 valence electrons. The lowest BCUT2D eigenvalue weighted by Gasteiger charge is -2.32. The first kappa shape index (κ1) is 31.2. The summed E-state index contributed by atoms with van der Waals surface area (Å²) in [6.07, 6.45) is 0.733. The van der Waals surface area contributed by atoms with Gasteiger partial charge in [0.25, 0.3) is 10.0 Å². The lowest BCUT2D eigenvalue weighted by Crippen LogP contribution is -2.52. The summed E-state index contributed by atoms with van der Waals surface area (Å²) >= 11 is 3.38. The fourth-order valence-corrected chi connectivity index (χ4v) is 5.63. The highest BCUT2D eigenvalue weighted by Crippen LogP contribution is 2.26. The summed E-state index contributed by atoms with van der Waals surface area (Å²) in [7, 11) is -2.54. The van der Waals surface area contributed by atoms with Crippen LogP contribution < -0.4 is 14.4 Å². The second kappa shape index (κ2) is 13.8. The van der Waals surface area contributed by atoms with Crippen molar-refractivity contribution >= 4 is 43.5 Å². The highest BCUT2D eigenvalue weighted by molar-refractivity contribution is 9.10. The normalized spacial score (nSPS) is 12.8. The van der Waals surface area contributed by atoms with E-state index in [-0.39, 0.29) is 23.4 Å². The van der Waals surface area contributed by atoms with Gasteiger partial charge >= 0.3 is 0 Å². The molecular formula is C30H36BrN3O5S. The van der Waals surface area contributed by atoms with Crippen LogP contribution in [0.5, 0.6) is 5.75 Å². The number of hydrogen-bond donors (Lipinski definition) is 1. The third-order valence-corrected chi connectivity index (χ3v) is 9.00. The summed E-state index contributed by atoms with van der Waals surface area (Å²) in [5.41, 5.74) is 2.02. The van der Waals surface area contributed by atoms with E-state index in [2.05, 4.69) is 21.2 Å². The Balaban J connectivity index is 2.01. The van der Waals surface area contributed by atoms with Gasteiger partial charge in [0, 0.05) is 17.1 Å². The van der Waals surface area contributed by atoms with E-state index in [4.69, 9.17) is 4.74 Å². The van der Waals surface area contributed by atoms with E-state index in [0.29, 0.717) is 11.4 Å². The Morgan fingerprint density at radius 3 is 2.10 bits per heavy atom. The maximum Gasteiger partial charge on any atom is 0.264 e. The van der Waals surface area contributed by atoms with Crippen LogP contribution >= 0.6 is 15.9 Å². The average Bonchev–Trinajstić information content (AvgIpc) is 2.95. The monoisotopic (exact) mass is 629 g/mol. The molecule has 0 fully saturated rings. The van der Waals surface area contributed by atoms with Crippen LogP contribution in [0.4, 0.5) is 5.69 Å². The molecule has 0 aliphatic carbocycles. The fourth-order valence-electron chi connectivity index (χ4n) is 3.95. The highest BCUT2D eigenvalue weighted by atomic mass is 79.9. The maximum atomic E-state index is 14.0. The molecular weight excluding hydrogens is 594 g/mol. The molecule has 2 atom stereocenters. The molecule has 1 N–H and O–H groups in total. The third-order valence-electron chi connectivity index (χ3n) is 6.68. The van der Waals surface area contributed by atoms with Crippen LogP contribution in [0.2, 0.25) is 0 Å².